The van der Waals surface area contributed by atoms with Gasteiger partial charge in [-0.05, 0) is 37.5 Å². The van der Waals surface area contributed by atoms with Crippen molar-refractivity contribution in [3.8, 4) is 5.88 Å². The first-order chi connectivity index (χ1) is 9.04. The number of hydrogen-bond acceptors (Lipinski definition) is 3. The Morgan fingerprint density at radius 3 is 2.63 bits per heavy atom. The monoisotopic (exact) mass is 265 g/mol. The molecule has 0 amide bonds. The third-order valence-electron chi connectivity index (χ3n) is 4.23. The van der Waals surface area contributed by atoms with Crippen LogP contribution in [-0.2, 0) is 7.05 Å². The van der Waals surface area contributed by atoms with Crippen LogP contribution in [0.5, 0.6) is 5.88 Å². The number of nitrogens with two attached hydrogens (primary N) is 1. The zero-order chi connectivity index (χ0) is 14.0. The second kappa shape index (κ2) is 5.85. The van der Waals surface area contributed by atoms with Crippen molar-refractivity contribution in [3.05, 3.63) is 5.69 Å². The lowest BCUT2D eigenvalue weighted by Crippen LogP contribution is -2.30. The summed E-state index contributed by atoms with van der Waals surface area (Å²) in [6.07, 6.45) is 6.48. The first-order valence-corrected chi connectivity index (χ1v) is 7.53. The minimum Gasteiger partial charge on any atom is -0.473 e. The van der Waals surface area contributed by atoms with E-state index in [1.165, 1.54) is 25.7 Å². The van der Waals surface area contributed by atoms with Crippen molar-refractivity contribution in [1.29, 1.82) is 0 Å². The highest BCUT2D eigenvalue weighted by molar-refractivity contribution is 5.54. The Morgan fingerprint density at radius 1 is 1.37 bits per heavy atom. The maximum atomic E-state index is 6.23. The van der Waals surface area contributed by atoms with Crippen LogP contribution < -0.4 is 10.5 Å². The zero-order valence-corrected chi connectivity index (χ0v) is 12.6. The Bertz CT molecular complexity index is 425. The van der Waals surface area contributed by atoms with E-state index in [0.29, 0.717) is 17.9 Å². The largest absolute Gasteiger partial charge is 0.473 e. The SMILES string of the molecule is CCC1CCCCC1Oc1c(N)c(C(C)C)nn1C. The molecule has 1 aliphatic carbocycles. The number of ether oxygens (including phenoxy) is 1. The van der Waals surface area contributed by atoms with E-state index in [0.717, 1.165) is 23.7 Å². The quantitative estimate of drug-likeness (QED) is 0.907. The molecule has 0 saturated heterocycles. The average molecular weight is 265 g/mol. The molecule has 2 N–H and O–H groups in total. The highest BCUT2D eigenvalue weighted by Crippen LogP contribution is 2.35. The van der Waals surface area contributed by atoms with Gasteiger partial charge in [0.25, 0.3) is 0 Å². The molecule has 1 saturated carbocycles. The molecule has 2 rings (SSSR count). The summed E-state index contributed by atoms with van der Waals surface area (Å²) in [6, 6.07) is 0. The summed E-state index contributed by atoms with van der Waals surface area (Å²) in [5, 5.41) is 4.49. The summed E-state index contributed by atoms with van der Waals surface area (Å²) in [5.74, 6) is 1.75. The highest BCUT2D eigenvalue weighted by atomic mass is 16.5. The lowest BCUT2D eigenvalue weighted by atomic mass is 9.85. The summed E-state index contributed by atoms with van der Waals surface area (Å²) in [4.78, 5) is 0. The molecule has 2 unspecified atom stereocenters. The summed E-state index contributed by atoms with van der Waals surface area (Å²) >= 11 is 0. The van der Waals surface area contributed by atoms with Gasteiger partial charge in [0, 0.05) is 7.05 Å². The topological polar surface area (TPSA) is 53.1 Å². The van der Waals surface area contributed by atoms with Gasteiger partial charge in [-0.3, -0.25) is 0 Å². The van der Waals surface area contributed by atoms with Gasteiger partial charge >= 0.3 is 0 Å². The van der Waals surface area contributed by atoms with Crippen LogP contribution in [-0.4, -0.2) is 15.9 Å². The van der Waals surface area contributed by atoms with Gasteiger partial charge in [0.1, 0.15) is 11.8 Å². The molecule has 0 radical (unpaired) electrons. The summed E-state index contributed by atoms with van der Waals surface area (Å²) in [6.45, 7) is 6.47. The van der Waals surface area contributed by atoms with Gasteiger partial charge < -0.3 is 10.5 Å². The van der Waals surface area contributed by atoms with Crippen molar-refractivity contribution in [1.82, 2.24) is 9.78 Å². The highest BCUT2D eigenvalue weighted by Gasteiger charge is 2.28. The van der Waals surface area contributed by atoms with Gasteiger partial charge in [0.2, 0.25) is 5.88 Å². The fraction of sp³-hybridized carbons (Fsp3) is 0.800. The Labute approximate surface area is 116 Å². The van der Waals surface area contributed by atoms with Gasteiger partial charge in [-0.1, -0.05) is 27.2 Å². The number of rotatable bonds is 4. The predicted molar refractivity (Wildman–Crippen MR) is 78.4 cm³/mol. The molecule has 1 aromatic rings. The van der Waals surface area contributed by atoms with Crippen LogP contribution in [0.1, 0.15) is 64.5 Å². The minimum atomic E-state index is 0.302. The third kappa shape index (κ3) is 2.88. The van der Waals surface area contributed by atoms with E-state index in [4.69, 9.17) is 10.5 Å². The van der Waals surface area contributed by atoms with E-state index in [9.17, 15) is 0 Å². The molecular weight excluding hydrogens is 238 g/mol. The Balaban J connectivity index is 2.18. The molecule has 0 spiro atoms. The number of anilines is 1. The lowest BCUT2D eigenvalue weighted by molar-refractivity contribution is 0.0823. The maximum absolute atomic E-state index is 6.23. The molecule has 0 aromatic carbocycles. The van der Waals surface area contributed by atoms with Crippen LogP contribution in [0.4, 0.5) is 5.69 Å². The van der Waals surface area contributed by atoms with E-state index in [1.807, 2.05) is 7.05 Å². The number of nitrogens with zero attached hydrogens (tertiary/aromatic N) is 2. The van der Waals surface area contributed by atoms with Crippen molar-refractivity contribution in [3.63, 3.8) is 0 Å². The molecule has 4 nitrogen and oxygen atoms in total. The summed E-state index contributed by atoms with van der Waals surface area (Å²) in [7, 11) is 1.92. The van der Waals surface area contributed by atoms with Gasteiger partial charge in [-0.25, -0.2) is 4.68 Å². The van der Waals surface area contributed by atoms with E-state index in [2.05, 4.69) is 25.9 Å². The first kappa shape index (κ1) is 14.2. The Hall–Kier alpha value is -1.19. The maximum Gasteiger partial charge on any atom is 0.236 e. The average Bonchev–Trinajstić information content (AvgIpc) is 2.67. The second-order valence-electron chi connectivity index (χ2n) is 5.99. The molecule has 4 heteroatoms. The Morgan fingerprint density at radius 2 is 2.05 bits per heavy atom. The van der Waals surface area contributed by atoms with E-state index in [-0.39, 0.29) is 0 Å². The lowest BCUT2D eigenvalue weighted by Gasteiger charge is -2.31. The number of nitrogen functional groups attached to an aromatic ring is 1. The van der Waals surface area contributed by atoms with Gasteiger partial charge in [0.15, 0.2) is 0 Å². The van der Waals surface area contributed by atoms with Crippen LogP contribution >= 0.6 is 0 Å². The fourth-order valence-corrected chi connectivity index (χ4v) is 3.05. The van der Waals surface area contributed by atoms with Crippen molar-refractivity contribution in [2.45, 2.75) is 64.9 Å². The molecule has 1 fully saturated rings. The molecule has 108 valence electrons. The molecule has 0 aliphatic heterocycles. The van der Waals surface area contributed by atoms with E-state index < -0.39 is 0 Å². The predicted octanol–water partition coefficient (Wildman–Crippen LogP) is 3.47. The summed E-state index contributed by atoms with van der Waals surface area (Å²) in [5.41, 5.74) is 7.87. The molecule has 1 heterocycles. The normalized spacial score (nSPS) is 23.8. The Kier molecular flexibility index (Phi) is 4.38. The second-order valence-corrected chi connectivity index (χ2v) is 5.99. The van der Waals surface area contributed by atoms with Gasteiger partial charge in [-0.15, -0.1) is 0 Å². The number of aryl methyl sites for hydroxylation is 1. The first-order valence-electron chi connectivity index (χ1n) is 7.53. The molecule has 1 aromatic heterocycles. The van der Waals surface area contributed by atoms with Gasteiger partial charge in [-0.2, -0.15) is 5.10 Å². The van der Waals surface area contributed by atoms with Crippen LogP contribution in [0.2, 0.25) is 0 Å². The number of hydrogen-bond donors (Lipinski definition) is 1. The zero-order valence-electron chi connectivity index (χ0n) is 12.6. The molecule has 19 heavy (non-hydrogen) atoms. The molecule has 0 bridgehead atoms. The van der Waals surface area contributed by atoms with Crippen LogP contribution in [0.15, 0.2) is 0 Å². The van der Waals surface area contributed by atoms with Crippen LogP contribution in [0.3, 0.4) is 0 Å². The summed E-state index contributed by atoms with van der Waals surface area (Å²) < 4.78 is 8.02. The van der Waals surface area contributed by atoms with Gasteiger partial charge in [0.05, 0.1) is 5.69 Å². The molecular formula is C15H27N3O. The standard InChI is InChI=1S/C15H27N3O/c1-5-11-8-6-7-9-12(11)19-15-13(16)14(10(2)3)17-18(15)4/h10-12H,5-9,16H2,1-4H3. The van der Waals surface area contributed by atoms with Crippen LogP contribution in [0, 0.1) is 5.92 Å². The van der Waals surface area contributed by atoms with E-state index in [1.54, 1.807) is 4.68 Å². The van der Waals surface area contributed by atoms with Crippen LogP contribution in [0.25, 0.3) is 0 Å². The molecule has 1 aliphatic rings. The van der Waals surface area contributed by atoms with Crippen molar-refractivity contribution in [2.24, 2.45) is 13.0 Å². The number of aromatic nitrogens is 2. The molecule has 2 atom stereocenters. The smallest absolute Gasteiger partial charge is 0.236 e. The van der Waals surface area contributed by atoms with Crippen molar-refractivity contribution < 1.29 is 4.74 Å². The fourth-order valence-electron chi connectivity index (χ4n) is 3.05. The van der Waals surface area contributed by atoms with Crippen molar-refractivity contribution in [2.75, 3.05) is 5.73 Å². The minimum absolute atomic E-state index is 0.302. The third-order valence-corrected chi connectivity index (χ3v) is 4.23. The van der Waals surface area contributed by atoms with E-state index >= 15 is 0 Å². The van der Waals surface area contributed by atoms with Crippen molar-refractivity contribution >= 4 is 5.69 Å².